The molecule has 5 heteroatoms. The fourth-order valence-electron chi connectivity index (χ4n) is 0.460. The van der Waals surface area contributed by atoms with Crippen LogP contribution in [-0.4, -0.2) is 30.3 Å². The van der Waals surface area contributed by atoms with Gasteiger partial charge in [-0.15, -0.1) is 0 Å². The zero-order chi connectivity index (χ0) is 11.1. The molecule has 0 rings (SSSR count). The molecule has 0 aromatic heterocycles. The van der Waals surface area contributed by atoms with Gasteiger partial charge in [-0.3, -0.25) is 0 Å². The molecule has 14 heavy (non-hydrogen) atoms. The van der Waals surface area contributed by atoms with E-state index in [2.05, 4.69) is 22.6 Å². The van der Waals surface area contributed by atoms with Gasteiger partial charge in [-0.05, 0) is 13.5 Å². The molecule has 0 fully saturated rings. The lowest BCUT2D eigenvalue weighted by atomic mass is 10.4. The summed E-state index contributed by atoms with van der Waals surface area (Å²) in [7, 11) is 0. The molecule has 0 radical (unpaired) electrons. The molecule has 0 heterocycles. The molecule has 78 valence electrons. The van der Waals surface area contributed by atoms with Crippen LogP contribution in [0.25, 0.3) is 0 Å². The molecular formula is C9H12O5. The number of aliphatic hydroxyl groups is 1. The first kappa shape index (κ1) is 12.4. The zero-order valence-electron chi connectivity index (χ0n) is 7.91. The van der Waals surface area contributed by atoms with Gasteiger partial charge in [-0.25, -0.2) is 9.59 Å². The lowest BCUT2D eigenvalue weighted by molar-refractivity contribution is -0.150. The van der Waals surface area contributed by atoms with Crippen molar-refractivity contribution in [3.63, 3.8) is 0 Å². The number of aliphatic hydroxyl groups excluding tert-OH is 1. The third kappa shape index (κ3) is 4.42. The second-order valence-electron chi connectivity index (χ2n) is 2.45. The maximum absolute atomic E-state index is 10.9. The molecule has 1 N–H and O–H groups in total. The van der Waals surface area contributed by atoms with Crippen LogP contribution in [0.3, 0.4) is 0 Å². The molecule has 0 aliphatic heterocycles. The van der Waals surface area contributed by atoms with Gasteiger partial charge in [0.05, 0.1) is 6.61 Å². The molecule has 0 spiro atoms. The Morgan fingerprint density at radius 3 is 2.29 bits per heavy atom. The first-order chi connectivity index (χ1) is 6.49. The number of hydrogen-bond acceptors (Lipinski definition) is 5. The first-order valence-corrected chi connectivity index (χ1v) is 3.83. The number of hydrogen-bond donors (Lipinski definition) is 1. The lowest BCUT2D eigenvalue weighted by Gasteiger charge is -2.06. The summed E-state index contributed by atoms with van der Waals surface area (Å²) >= 11 is 0. The predicted molar refractivity (Wildman–Crippen MR) is 48.1 cm³/mol. The van der Waals surface area contributed by atoms with E-state index < -0.39 is 17.7 Å². The molecule has 0 aromatic rings. The Bertz CT molecular complexity index is 266. The van der Waals surface area contributed by atoms with E-state index in [1.165, 1.54) is 6.92 Å². The smallest absolute Gasteiger partial charge is 0.373 e. The number of carbonyl (C=O) groups excluding carboxylic acids is 2. The van der Waals surface area contributed by atoms with Gasteiger partial charge in [0, 0.05) is 5.57 Å². The largest absolute Gasteiger partial charge is 0.457 e. The van der Waals surface area contributed by atoms with E-state index in [-0.39, 0.29) is 18.8 Å². The van der Waals surface area contributed by atoms with Crippen LogP contribution in [0.15, 0.2) is 24.5 Å². The van der Waals surface area contributed by atoms with E-state index in [1.54, 1.807) is 0 Å². The molecule has 0 saturated heterocycles. The van der Waals surface area contributed by atoms with E-state index in [0.717, 1.165) is 0 Å². The average molecular weight is 200 g/mol. The third-order valence-electron chi connectivity index (χ3n) is 1.12. The van der Waals surface area contributed by atoms with Crippen molar-refractivity contribution in [3.8, 4) is 0 Å². The predicted octanol–water partition coefficient (Wildman–Crippen LogP) is 0.155. The summed E-state index contributed by atoms with van der Waals surface area (Å²) in [6, 6.07) is 0. The molecular weight excluding hydrogens is 188 g/mol. The van der Waals surface area contributed by atoms with Crippen molar-refractivity contribution in [1.82, 2.24) is 0 Å². The maximum Gasteiger partial charge on any atom is 0.373 e. The van der Waals surface area contributed by atoms with Gasteiger partial charge in [-0.2, -0.15) is 0 Å². The van der Waals surface area contributed by atoms with Gasteiger partial charge in [0.25, 0.3) is 0 Å². The minimum Gasteiger partial charge on any atom is -0.457 e. The van der Waals surface area contributed by atoms with Gasteiger partial charge < -0.3 is 14.6 Å². The van der Waals surface area contributed by atoms with Gasteiger partial charge >= 0.3 is 11.9 Å². The molecule has 0 amide bonds. The summed E-state index contributed by atoms with van der Waals surface area (Å²) in [5.41, 5.74) is 0.154. The Morgan fingerprint density at radius 1 is 1.29 bits per heavy atom. The van der Waals surface area contributed by atoms with Crippen molar-refractivity contribution in [1.29, 1.82) is 0 Å². The van der Waals surface area contributed by atoms with Crippen LogP contribution in [0.4, 0.5) is 0 Å². The van der Waals surface area contributed by atoms with Gasteiger partial charge in [-0.1, -0.05) is 6.58 Å². The highest BCUT2D eigenvalue weighted by molar-refractivity contribution is 5.93. The maximum atomic E-state index is 10.9. The SMILES string of the molecule is C=C(C)C(=O)OC(=C)C(=O)OCCO. The molecule has 0 aliphatic carbocycles. The summed E-state index contributed by atoms with van der Waals surface area (Å²) in [6.07, 6.45) is 0. The normalized spacial score (nSPS) is 9.00. The first-order valence-electron chi connectivity index (χ1n) is 3.83. The van der Waals surface area contributed by atoms with Crippen molar-refractivity contribution in [3.05, 3.63) is 24.5 Å². The van der Waals surface area contributed by atoms with Crippen molar-refractivity contribution in [2.45, 2.75) is 6.92 Å². The number of ether oxygens (including phenoxy) is 2. The fraction of sp³-hybridized carbons (Fsp3) is 0.333. The summed E-state index contributed by atoms with van der Waals surface area (Å²) in [4.78, 5) is 21.8. The van der Waals surface area contributed by atoms with E-state index in [9.17, 15) is 9.59 Å². The van der Waals surface area contributed by atoms with Gasteiger partial charge in [0.1, 0.15) is 6.61 Å². The van der Waals surface area contributed by atoms with Crippen LogP contribution in [0.2, 0.25) is 0 Å². The van der Waals surface area contributed by atoms with Gasteiger partial charge in [0.15, 0.2) is 0 Å². The van der Waals surface area contributed by atoms with Crippen LogP contribution in [0.5, 0.6) is 0 Å². The highest BCUT2D eigenvalue weighted by atomic mass is 16.6. The van der Waals surface area contributed by atoms with E-state index >= 15 is 0 Å². The van der Waals surface area contributed by atoms with Crippen molar-refractivity contribution >= 4 is 11.9 Å². The van der Waals surface area contributed by atoms with Crippen molar-refractivity contribution in [2.75, 3.05) is 13.2 Å². The number of carbonyl (C=O) groups is 2. The minimum absolute atomic E-state index is 0.154. The Balaban J connectivity index is 4.02. The molecule has 0 aromatic carbocycles. The van der Waals surface area contributed by atoms with E-state index in [4.69, 9.17) is 5.11 Å². The Hall–Kier alpha value is -1.62. The Kier molecular flexibility index (Phi) is 5.24. The standard InChI is InChI=1S/C9H12O5/c1-6(2)8(11)14-7(3)9(12)13-5-4-10/h10H,1,3-5H2,2H3. The zero-order valence-corrected chi connectivity index (χ0v) is 7.91. The lowest BCUT2D eigenvalue weighted by Crippen LogP contribution is -2.15. The highest BCUT2D eigenvalue weighted by Crippen LogP contribution is 2.02. The molecule has 0 bridgehead atoms. The molecule has 0 unspecified atom stereocenters. The molecule has 0 aliphatic rings. The van der Waals surface area contributed by atoms with Crippen LogP contribution >= 0.6 is 0 Å². The quantitative estimate of drug-likeness (QED) is 0.388. The van der Waals surface area contributed by atoms with Crippen LogP contribution in [0, 0.1) is 0 Å². The van der Waals surface area contributed by atoms with Gasteiger partial charge in [0.2, 0.25) is 5.76 Å². The van der Waals surface area contributed by atoms with Crippen molar-refractivity contribution < 1.29 is 24.2 Å². The van der Waals surface area contributed by atoms with Crippen LogP contribution in [0.1, 0.15) is 6.92 Å². The fourth-order valence-corrected chi connectivity index (χ4v) is 0.460. The number of rotatable bonds is 5. The van der Waals surface area contributed by atoms with E-state index in [0.29, 0.717) is 0 Å². The van der Waals surface area contributed by atoms with Crippen molar-refractivity contribution in [2.24, 2.45) is 0 Å². The Labute approximate surface area is 81.6 Å². The van der Waals surface area contributed by atoms with Crippen LogP contribution in [-0.2, 0) is 19.1 Å². The molecule has 5 nitrogen and oxygen atoms in total. The molecule has 0 saturated carbocycles. The van der Waals surface area contributed by atoms with Crippen LogP contribution < -0.4 is 0 Å². The summed E-state index contributed by atoms with van der Waals surface area (Å²) in [5.74, 6) is -2.05. The highest BCUT2D eigenvalue weighted by Gasteiger charge is 2.14. The Morgan fingerprint density at radius 2 is 1.86 bits per heavy atom. The molecule has 0 atom stereocenters. The monoisotopic (exact) mass is 200 g/mol. The second-order valence-corrected chi connectivity index (χ2v) is 2.45. The minimum atomic E-state index is -0.881. The third-order valence-corrected chi connectivity index (χ3v) is 1.12. The summed E-state index contributed by atoms with van der Waals surface area (Å²) in [5, 5.41) is 8.34. The number of esters is 2. The summed E-state index contributed by atoms with van der Waals surface area (Å²) < 4.78 is 8.92. The topological polar surface area (TPSA) is 72.8 Å². The van der Waals surface area contributed by atoms with E-state index in [1.807, 2.05) is 0 Å². The average Bonchev–Trinajstić information content (AvgIpc) is 2.13. The second kappa shape index (κ2) is 5.93. The summed E-state index contributed by atoms with van der Waals surface area (Å²) in [6.45, 7) is 7.49.